The third-order valence-electron chi connectivity index (χ3n) is 1.78. The van der Waals surface area contributed by atoms with Gasteiger partial charge < -0.3 is 0 Å². The van der Waals surface area contributed by atoms with Crippen LogP contribution in [0, 0.1) is 7.11 Å². The van der Waals surface area contributed by atoms with Gasteiger partial charge in [-0.1, -0.05) is 0 Å². The zero-order valence-electron chi connectivity index (χ0n) is 8.44. The van der Waals surface area contributed by atoms with Crippen molar-refractivity contribution in [2.24, 2.45) is 0 Å². The van der Waals surface area contributed by atoms with Crippen LogP contribution in [0.3, 0.4) is 0 Å². The maximum absolute atomic E-state index is 5.85. The monoisotopic (exact) mass is 336 g/mol. The molecule has 2 nitrogen and oxygen atoms in total. The Morgan fingerprint density at radius 2 is 2.13 bits per heavy atom. The molecule has 0 fully saturated rings. The average Bonchev–Trinajstić information content (AvgIpc) is 2.16. The second kappa shape index (κ2) is 5.84. The molecule has 0 N–H and O–H groups in total. The van der Waals surface area contributed by atoms with Gasteiger partial charge in [0.25, 0.3) is 0 Å². The van der Waals surface area contributed by atoms with E-state index in [2.05, 4.69) is 11.5 Å². The van der Waals surface area contributed by atoms with E-state index < -0.39 is 13.5 Å². The van der Waals surface area contributed by atoms with Crippen molar-refractivity contribution in [1.82, 2.24) is 0 Å². The molecule has 0 saturated carbocycles. The molecular formula is C10H12Cl2O2Ru. The second-order valence-corrected chi connectivity index (χ2v) is 8.57. The summed E-state index contributed by atoms with van der Waals surface area (Å²) in [5.41, 5.74) is 0.931. The molecule has 0 aromatic heterocycles. The molecular weight excluding hydrogens is 324 g/mol. The summed E-state index contributed by atoms with van der Waals surface area (Å²) >= 11 is -1.84. The summed E-state index contributed by atoms with van der Waals surface area (Å²) in [6, 6.07) is 5.64. The number of rotatable bonds is 3. The Bertz CT molecular complexity index is 374. The molecule has 0 aliphatic rings. The summed E-state index contributed by atoms with van der Waals surface area (Å²) < 4.78 is 9.55. The third-order valence-corrected chi connectivity index (χ3v) is 3.61. The molecule has 0 amide bonds. The van der Waals surface area contributed by atoms with Crippen molar-refractivity contribution in [2.75, 3.05) is 14.2 Å². The van der Waals surface area contributed by atoms with E-state index >= 15 is 0 Å². The first-order chi connectivity index (χ1) is 7.04. The van der Waals surface area contributed by atoms with E-state index in [1.807, 2.05) is 22.8 Å². The van der Waals surface area contributed by atoms with E-state index in [0.29, 0.717) is 0 Å². The number of hydrogen-bond acceptors (Lipinski definition) is 1. The van der Waals surface area contributed by atoms with Crippen LogP contribution in [0.2, 0.25) is 0 Å². The summed E-state index contributed by atoms with van der Waals surface area (Å²) in [6.07, 6.45) is 0. The second-order valence-electron chi connectivity index (χ2n) is 2.85. The van der Waals surface area contributed by atoms with Crippen LogP contribution in [0.25, 0.3) is 0 Å². The van der Waals surface area contributed by atoms with Crippen LogP contribution >= 0.6 is 19.4 Å². The Labute approximate surface area is 103 Å². The Kier molecular flexibility index (Phi) is 5.04. The summed E-state index contributed by atoms with van der Waals surface area (Å²) in [5, 5.41) is 0. The molecule has 0 aliphatic carbocycles. The SMILES string of the molecule is [CH2-][O+](C)c1ccc(OC)cc1[CH]=[Ru]([Cl])[Cl]. The number of halogens is 2. The van der Waals surface area contributed by atoms with Crippen LogP contribution in [0.1, 0.15) is 5.56 Å². The molecule has 0 saturated heterocycles. The van der Waals surface area contributed by atoms with Crippen molar-refractivity contribution in [3.05, 3.63) is 30.9 Å². The fourth-order valence-corrected chi connectivity index (χ4v) is 2.92. The van der Waals surface area contributed by atoms with E-state index in [4.69, 9.17) is 24.1 Å². The van der Waals surface area contributed by atoms with E-state index in [1.54, 1.807) is 14.2 Å². The molecule has 0 unspecified atom stereocenters. The van der Waals surface area contributed by atoms with E-state index in [0.717, 1.165) is 17.1 Å². The first-order valence-corrected chi connectivity index (χ1v) is 9.49. The number of hydrogen-bond donors (Lipinski definition) is 0. The Hall–Kier alpha value is -0.107. The van der Waals surface area contributed by atoms with Gasteiger partial charge in [-0.2, -0.15) is 0 Å². The van der Waals surface area contributed by atoms with Gasteiger partial charge in [-0.15, -0.1) is 0 Å². The normalized spacial score (nSPS) is 10.9. The molecule has 0 bridgehead atoms. The van der Waals surface area contributed by atoms with Gasteiger partial charge in [-0.05, 0) is 0 Å². The first-order valence-electron chi connectivity index (χ1n) is 4.01. The van der Waals surface area contributed by atoms with Crippen molar-refractivity contribution < 1.29 is 22.6 Å². The van der Waals surface area contributed by atoms with Gasteiger partial charge in [0.2, 0.25) is 0 Å². The van der Waals surface area contributed by atoms with Crippen molar-refractivity contribution in [3.8, 4) is 11.5 Å². The van der Waals surface area contributed by atoms with Gasteiger partial charge in [0.05, 0.1) is 0 Å². The predicted octanol–water partition coefficient (Wildman–Crippen LogP) is 3.46. The van der Waals surface area contributed by atoms with Crippen LogP contribution in [0.4, 0.5) is 0 Å². The van der Waals surface area contributed by atoms with Gasteiger partial charge in [0, 0.05) is 0 Å². The molecule has 0 radical (unpaired) electrons. The minimum atomic E-state index is -1.84. The predicted molar refractivity (Wildman–Crippen MR) is 61.7 cm³/mol. The van der Waals surface area contributed by atoms with Crippen LogP contribution in [-0.4, -0.2) is 18.8 Å². The molecule has 0 heterocycles. The average molecular weight is 336 g/mol. The fourth-order valence-electron chi connectivity index (χ4n) is 1.13. The van der Waals surface area contributed by atoms with Crippen molar-refractivity contribution in [3.63, 3.8) is 0 Å². The van der Waals surface area contributed by atoms with E-state index in [1.165, 1.54) is 0 Å². The molecule has 1 aromatic rings. The topological polar surface area (TPSA) is 11.9 Å². The summed E-state index contributed by atoms with van der Waals surface area (Å²) in [5.74, 6) is 1.67. The Morgan fingerprint density at radius 1 is 1.47 bits per heavy atom. The summed E-state index contributed by atoms with van der Waals surface area (Å²) in [7, 11) is 18.9. The number of benzene rings is 1. The zero-order valence-corrected chi connectivity index (χ0v) is 11.7. The van der Waals surface area contributed by atoms with Crippen LogP contribution in [0.15, 0.2) is 18.2 Å². The van der Waals surface area contributed by atoms with E-state index in [-0.39, 0.29) is 0 Å². The minimum absolute atomic E-state index is 0.774. The van der Waals surface area contributed by atoms with Gasteiger partial charge in [-0.3, -0.25) is 0 Å². The third kappa shape index (κ3) is 3.75. The molecule has 0 spiro atoms. The Balaban J connectivity index is 3.22. The quantitative estimate of drug-likeness (QED) is 0.468. The van der Waals surface area contributed by atoms with Gasteiger partial charge >= 0.3 is 103 Å². The molecule has 1 rings (SSSR count). The van der Waals surface area contributed by atoms with Crippen molar-refractivity contribution in [2.45, 2.75) is 0 Å². The van der Waals surface area contributed by atoms with Gasteiger partial charge in [0.15, 0.2) is 0 Å². The molecule has 1 aromatic carbocycles. The van der Waals surface area contributed by atoms with Crippen molar-refractivity contribution >= 4 is 24.0 Å². The van der Waals surface area contributed by atoms with Crippen LogP contribution < -0.4 is 4.74 Å². The molecule has 5 heteroatoms. The van der Waals surface area contributed by atoms with Crippen LogP contribution in [-0.2, 0) is 17.9 Å². The van der Waals surface area contributed by atoms with Gasteiger partial charge in [-0.25, -0.2) is 0 Å². The van der Waals surface area contributed by atoms with Crippen LogP contribution in [0.5, 0.6) is 11.5 Å². The zero-order chi connectivity index (χ0) is 11.4. The summed E-state index contributed by atoms with van der Waals surface area (Å²) in [4.78, 5) is 0. The fraction of sp³-hybridized carbons (Fsp3) is 0.200. The first kappa shape index (κ1) is 13.0. The number of ether oxygens (including phenoxy) is 1. The van der Waals surface area contributed by atoms with Crippen molar-refractivity contribution in [1.29, 1.82) is 0 Å². The molecule has 15 heavy (non-hydrogen) atoms. The standard InChI is InChI=1S/C10H12O2.2ClH.Ru/c1-8-7-9(11-2)5-6-10(8)12(3)4;;;/h1,5-7H,3H2,2,4H3;2*1H;/q;;;+2/p-2. The maximum atomic E-state index is 5.85. The summed E-state index contributed by atoms with van der Waals surface area (Å²) in [6.45, 7) is 0. The Morgan fingerprint density at radius 3 is 2.60 bits per heavy atom. The molecule has 86 valence electrons. The molecule has 0 atom stereocenters. The molecule has 0 aliphatic heterocycles. The van der Waals surface area contributed by atoms with E-state index in [9.17, 15) is 0 Å². The van der Waals surface area contributed by atoms with Gasteiger partial charge in [0.1, 0.15) is 0 Å². The number of methoxy groups -OCH3 is 1.